The number of hydrogen-bond donors (Lipinski definition) is 1. The maximum atomic E-state index is 9.31. The Labute approximate surface area is 152 Å². The minimum absolute atomic E-state index is 0.641. The molecule has 0 aliphatic carbocycles. The van der Waals surface area contributed by atoms with E-state index in [4.69, 9.17) is 14.7 Å². The molecule has 3 aromatic heterocycles. The average molecular weight is 362 g/mol. The van der Waals surface area contributed by atoms with E-state index in [1.807, 2.05) is 24.3 Å². The minimum atomic E-state index is 0.641. The lowest BCUT2D eigenvalue weighted by molar-refractivity contribution is 0.122. The van der Waals surface area contributed by atoms with Crippen molar-refractivity contribution in [3.05, 3.63) is 35.3 Å². The quantitative estimate of drug-likeness (QED) is 0.589. The molecule has 7 nitrogen and oxygen atoms in total. The molecule has 0 unspecified atom stereocenters. The lowest BCUT2D eigenvalue weighted by Crippen LogP contribution is -2.36. The first-order chi connectivity index (χ1) is 12.8. The van der Waals surface area contributed by atoms with Crippen molar-refractivity contribution in [1.82, 2.24) is 20.2 Å². The molecular formula is C18H14N6OS. The van der Waals surface area contributed by atoms with Crippen molar-refractivity contribution in [3.63, 3.8) is 0 Å². The number of hydrogen-bond acceptors (Lipinski definition) is 7. The Morgan fingerprint density at radius 2 is 2.12 bits per heavy atom. The molecule has 4 aromatic rings. The van der Waals surface area contributed by atoms with Gasteiger partial charge in [-0.3, -0.25) is 5.10 Å². The Hall–Kier alpha value is -3.02. The molecule has 0 bridgehead atoms. The predicted octanol–water partition coefficient (Wildman–Crippen LogP) is 2.94. The topological polar surface area (TPSA) is 90.7 Å². The molecule has 0 spiro atoms. The highest BCUT2D eigenvalue weighted by Gasteiger charge is 2.21. The third-order valence-corrected chi connectivity index (χ3v) is 5.53. The Kier molecular flexibility index (Phi) is 3.55. The molecule has 0 saturated carbocycles. The molecule has 128 valence electrons. The first-order valence-electron chi connectivity index (χ1n) is 8.30. The van der Waals surface area contributed by atoms with Crippen molar-refractivity contribution >= 4 is 38.3 Å². The van der Waals surface area contributed by atoms with Crippen LogP contribution in [0.4, 0.5) is 5.82 Å². The van der Waals surface area contributed by atoms with E-state index in [1.165, 1.54) is 11.3 Å². The molecule has 0 radical (unpaired) electrons. The number of fused-ring (bicyclic) bond motifs is 2. The summed E-state index contributed by atoms with van der Waals surface area (Å²) in [5.74, 6) is 1.52. The molecule has 0 atom stereocenters. The number of ether oxygens (including phenoxy) is 1. The second kappa shape index (κ2) is 6.05. The summed E-state index contributed by atoms with van der Waals surface area (Å²) in [5.41, 5.74) is 2.68. The highest BCUT2D eigenvalue weighted by atomic mass is 32.1. The molecule has 1 fully saturated rings. The van der Waals surface area contributed by atoms with Gasteiger partial charge < -0.3 is 9.64 Å². The summed E-state index contributed by atoms with van der Waals surface area (Å²) in [4.78, 5) is 12.5. The van der Waals surface area contributed by atoms with Crippen molar-refractivity contribution in [2.45, 2.75) is 0 Å². The first-order valence-corrected chi connectivity index (χ1v) is 9.12. The van der Waals surface area contributed by atoms with Crippen LogP contribution in [-0.4, -0.2) is 46.5 Å². The summed E-state index contributed by atoms with van der Waals surface area (Å²) in [7, 11) is 0. The molecule has 4 heterocycles. The average Bonchev–Trinajstić information content (AvgIpc) is 3.34. The second-order valence-electron chi connectivity index (χ2n) is 6.04. The van der Waals surface area contributed by atoms with Crippen molar-refractivity contribution in [1.29, 1.82) is 5.26 Å². The number of aromatic nitrogens is 4. The molecule has 26 heavy (non-hydrogen) atoms. The zero-order valence-corrected chi connectivity index (χ0v) is 14.6. The summed E-state index contributed by atoms with van der Waals surface area (Å²) in [5, 5.41) is 17.4. The summed E-state index contributed by atoms with van der Waals surface area (Å²) in [6.45, 7) is 2.91. The Balaban J connectivity index is 1.76. The van der Waals surface area contributed by atoms with Crippen LogP contribution < -0.4 is 4.90 Å². The number of nitrogens with zero attached hydrogens (tertiary/aromatic N) is 5. The molecule has 0 amide bonds. The van der Waals surface area contributed by atoms with Crippen LogP contribution in [0.2, 0.25) is 0 Å². The van der Waals surface area contributed by atoms with E-state index in [0.717, 1.165) is 45.6 Å². The minimum Gasteiger partial charge on any atom is -0.378 e. The highest BCUT2D eigenvalue weighted by Crippen LogP contribution is 2.35. The fraction of sp³-hybridized carbons (Fsp3) is 0.222. The predicted molar refractivity (Wildman–Crippen MR) is 100 cm³/mol. The summed E-state index contributed by atoms with van der Waals surface area (Å²) < 4.78 is 6.43. The molecule has 1 aromatic carbocycles. The third-order valence-electron chi connectivity index (χ3n) is 4.50. The molecule has 1 aliphatic heterocycles. The van der Waals surface area contributed by atoms with Crippen molar-refractivity contribution in [2.75, 3.05) is 31.2 Å². The lowest BCUT2D eigenvalue weighted by atomic mass is 10.1. The van der Waals surface area contributed by atoms with Crippen LogP contribution in [0, 0.1) is 11.3 Å². The number of nitrogens with one attached hydrogen (secondary N) is 1. The summed E-state index contributed by atoms with van der Waals surface area (Å²) in [6.07, 6.45) is 1.79. The van der Waals surface area contributed by atoms with Crippen molar-refractivity contribution in [2.24, 2.45) is 0 Å². The zero-order valence-electron chi connectivity index (χ0n) is 13.8. The van der Waals surface area contributed by atoms with Gasteiger partial charge in [0.1, 0.15) is 10.9 Å². The number of aromatic amines is 1. The molecular weight excluding hydrogens is 348 g/mol. The normalized spacial score (nSPS) is 14.8. The highest BCUT2D eigenvalue weighted by molar-refractivity contribution is 7.20. The van der Waals surface area contributed by atoms with Gasteiger partial charge >= 0.3 is 0 Å². The fourth-order valence-electron chi connectivity index (χ4n) is 3.24. The van der Waals surface area contributed by atoms with Crippen LogP contribution in [0.3, 0.4) is 0 Å². The van der Waals surface area contributed by atoms with E-state index >= 15 is 0 Å². The van der Waals surface area contributed by atoms with Gasteiger partial charge in [0.05, 0.1) is 35.1 Å². The van der Waals surface area contributed by atoms with E-state index < -0.39 is 0 Å². The Morgan fingerprint density at radius 3 is 2.96 bits per heavy atom. The molecule has 8 heteroatoms. The number of morpholine rings is 1. The second-order valence-corrected chi connectivity index (χ2v) is 7.10. The van der Waals surface area contributed by atoms with Crippen LogP contribution >= 0.6 is 11.3 Å². The van der Waals surface area contributed by atoms with Crippen molar-refractivity contribution in [3.8, 4) is 17.5 Å². The van der Waals surface area contributed by atoms with Crippen LogP contribution in [0.15, 0.2) is 30.5 Å². The van der Waals surface area contributed by atoms with Gasteiger partial charge in [0.2, 0.25) is 0 Å². The van der Waals surface area contributed by atoms with Crippen LogP contribution in [0.1, 0.15) is 4.88 Å². The van der Waals surface area contributed by atoms with E-state index in [1.54, 1.807) is 6.20 Å². The Morgan fingerprint density at radius 1 is 1.23 bits per heavy atom. The smallest absolute Gasteiger partial charge is 0.162 e. The standard InChI is InChI=1S/C18H14N6OS/c19-9-11-8-15-16(26-11)18(24-4-6-25-7-5-24)22-17(21-15)12-2-1-3-14-13(12)10-20-23-14/h1-3,8,10H,4-7H2,(H,20,23). The Bertz CT molecular complexity index is 1150. The van der Waals surface area contributed by atoms with Crippen LogP contribution in [-0.2, 0) is 4.74 Å². The number of rotatable bonds is 2. The van der Waals surface area contributed by atoms with Gasteiger partial charge in [0.25, 0.3) is 0 Å². The van der Waals surface area contributed by atoms with E-state index in [9.17, 15) is 5.26 Å². The van der Waals surface area contributed by atoms with E-state index in [0.29, 0.717) is 23.9 Å². The maximum absolute atomic E-state index is 9.31. The van der Waals surface area contributed by atoms with Crippen LogP contribution in [0.5, 0.6) is 0 Å². The summed E-state index contributed by atoms with van der Waals surface area (Å²) >= 11 is 1.44. The molecule has 1 aliphatic rings. The number of H-pyrrole nitrogens is 1. The van der Waals surface area contributed by atoms with Gasteiger partial charge in [0.15, 0.2) is 11.6 Å². The van der Waals surface area contributed by atoms with Crippen LogP contribution in [0.25, 0.3) is 32.5 Å². The lowest BCUT2D eigenvalue weighted by Gasteiger charge is -2.28. The van der Waals surface area contributed by atoms with Gasteiger partial charge in [-0.15, -0.1) is 11.3 Å². The van der Waals surface area contributed by atoms with Crippen molar-refractivity contribution < 1.29 is 4.74 Å². The van der Waals surface area contributed by atoms with E-state index in [2.05, 4.69) is 21.2 Å². The fourth-order valence-corrected chi connectivity index (χ4v) is 4.15. The van der Waals surface area contributed by atoms with Gasteiger partial charge in [-0.1, -0.05) is 12.1 Å². The number of anilines is 1. The van der Waals surface area contributed by atoms with Gasteiger partial charge in [-0.2, -0.15) is 10.4 Å². The zero-order chi connectivity index (χ0) is 17.5. The number of nitriles is 1. The molecule has 1 saturated heterocycles. The first kappa shape index (κ1) is 15.3. The third kappa shape index (κ3) is 2.41. The largest absolute Gasteiger partial charge is 0.378 e. The van der Waals surface area contributed by atoms with Gasteiger partial charge in [0, 0.05) is 24.0 Å². The monoisotopic (exact) mass is 362 g/mol. The molecule has 1 N–H and O–H groups in total. The SMILES string of the molecule is N#Cc1cc2nc(-c3cccc4[nH]ncc34)nc(N3CCOCC3)c2s1. The van der Waals surface area contributed by atoms with Gasteiger partial charge in [-0.05, 0) is 12.1 Å². The van der Waals surface area contributed by atoms with E-state index in [-0.39, 0.29) is 0 Å². The number of thiophene rings is 1. The maximum Gasteiger partial charge on any atom is 0.162 e. The molecule has 5 rings (SSSR count). The van der Waals surface area contributed by atoms with Gasteiger partial charge in [-0.25, -0.2) is 9.97 Å². The summed E-state index contributed by atoms with van der Waals surface area (Å²) in [6, 6.07) is 10.0. The number of benzene rings is 1.